The summed E-state index contributed by atoms with van der Waals surface area (Å²) in [6.45, 7) is 0. The number of hydrogen-bond donors (Lipinski definition) is 4. The Labute approximate surface area is 135 Å². The van der Waals surface area contributed by atoms with Gasteiger partial charge in [0.2, 0.25) is 11.4 Å². The third kappa shape index (κ3) is 2.24. The molecule has 0 fully saturated rings. The van der Waals surface area contributed by atoms with Crippen molar-refractivity contribution in [1.82, 2.24) is 5.16 Å². The zero-order valence-corrected chi connectivity index (χ0v) is 12.8. The maximum atomic E-state index is 12.5. The van der Waals surface area contributed by atoms with E-state index in [1.54, 1.807) is 31.1 Å². The Morgan fingerprint density at radius 2 is 1.67 bits per heavy atom. The number of aromatic nitrogens is 1. The van der Waals surface area contributed by atoms with Crippen molar-refractivity contribution in [2.45, 2.75) is 0 Å². The van der Waals surface area contributed by atoms with E-state index in [1.807, 2.05) is 0 Å². The molecule has 0 radical (unpaired) electrons. The van der Waals surface area contributed by atoms with E-state index < -0.39 is 23.0 Å². The van der Waals surface area contributed by atoms with Gasteiger partial charge in [-0.2, -0.15) is 0 Å². The summed E-state index contributed by atoms with van der Waals surface area (Å²) >= 11 is 0. The van der Waals surface area contributed by atoms with Crippen LogP contribution in [0.1, 0.15) is 16.1 Å². The molecule has 1 aromatic heterocycles. The van der Waals surface area contributed by atoms with Crippen LogP contribution < -0.4 is 4.90 Å². The van der Waals surface area contributed by atoms with E-state index in [2.05, 4.69) is 5.16 Å². The number of ketones is 1. The molecule has 8 heteroatoms. The smallest absolute Gasteiger partial charge is 0.215 e. The normalized spacial score (nSPS) is 10.9. The number of rotatable bonds is 3. The van der Waals surface area contributed by atoms with E-state index >= 15 is 0 Å². The molecule has 8 nitrogen and oxygen atoms in total. The summed E-state index contributed by atoms with van der Waals surface area (Å²) in [4.78, 5) is 14.2. The summed E-state index contributed by atoms with van der Waals surface area (Å²) in [6.07, 6.45) is 0. The average molecular weight is 330 g/mol. The quantitative estimate of drug-likeness (QED) is 0.424. The number of hydrogen-bond acceptors (Lipinski definition) is 8. The molecule has 0 saturated carbocycles. The largest absolute Gasteiger partial charge is 0.504 e. The Kier molecular flexibility index (Phi) is 3.44. The molecule has 0 atom stereocenters. The first kappa shape index (κ1) is 15.5. The molecule has 2 aromatic carbocycles. The molecule has 4 N–H and O–H groups in total. The van der Waals surface area contributed by atoms with Crippen LogP contribution in [0.3, 0.4) is 0 Å². The molecule has 0 saturated heterocycles. The monoisotopic (exact) mass is 330 g/mol. The fourth-order valence-corrected chi connectivity index (χ4v) is 2.38. The van der Waals surface area contributed by atoms with Gasteiger partial charge in [-0.3, -0.25) is 4.79 Å². The lowest BCUT2D eigenvalue weighted by Gasteiger charge is -2.13. The van der Waals surface area contributed by atoms with E-state index in [4.69, 9.17) is 4.52 Å². The van der Waals surface area contributed by atoms with Crippen LogP contribution in [-0.4, -0.2) is 45.5 Å². The fourth-order valence-electron chi connectivity index (χ4n) is 2.38. The van der Waals surface area contributed by atoms with Crippen molar-refractivity contribution >= 4 is 22.4 Å². The Morgan fingerprint density at radius 3 is 2.25 bits per heavy atom. The molecule has 24 heavy (non-hydrogen) atoms. The van der Waals surface area contributed by atoms with Gasteiger partial charge in [0.05, 0.1) is 11.1 Å². The summed E-state index contributed by atoms with van der Waals surface area (Å²) in [6, 6.07) is 5.20. The summed E-state index contributed by atoms with van der Waals surface area (Å²) in [5, 5.41) is 42.6. The van der Waals surface area contributed by atoms with Crippen LogP contribution in [0.5, 0.6) is 23.0 Å². The van der Waals surface area contributed by atoms with E-state index in [0.717, 1.165) is 12.1 Å². The summed E-state index contributed by atoms with van der Waals surface area (Å²) in [5.74, 6) is -2.78. The molecule has 0 aliphatic heterocycles. The van der Waals surface area contributed by atoms with Crippen LogP contribution in [0.25, 0.3) is 11.0 Å². The van der Waals surface area contributed by atoms with Gasteiger partial charge >= 0.3 is 0 Å². The first-order valence-corrected chi connectivity index (χ1v) is 6.89. The van der Waals surface area contributed by atoms with Gasteiger partial charge in [0.25, 0.3) is 0 Å². The SMILES string of the molecule is CN(C)c1ccc2c(C(=O)c3cc(O)c(O)c(O)c3)noc2c1O. The highest BCUT2D eigenvalue weighted by molar-refractivity contribution is 6.15. The van der Waals surface area contributed by atoms with Crippen molar-refractivity contribution in [2.24, 2.45) is 0 Å². The van der Waals surface area contributed by atoms with Gasteiger partial charge in [-0.25, -0.2) is 0 Å². The number of anilines is 1. The van der Waals surface area contributed by atoms with E-state index in [0.29, 0.717) is 5.69 Å². The van der Waals surface area contributed by atoms with Crippen LogP contribution in [-0.2, 0) is 0 Å². The van der Waals surface area contributed by atoms with Crippen molar-refractivity contribution in [3.8, 4) is 23.0 Å². The van der Waals surface area contributed by atoms with E-state index in [9.17, 15) is 25.2 Å². The van der Waals surface area contributed by atoms with Crippen LogP contribution in [0.2, 0.25) is 0 Å². The lowest BCUT2D eigenvalue weighted by atomic mass is 10.0. The first-order valence-electron chi connectivity index (χ1n) is 6.89. The average Bonchev–Trinajstić information content (AvgIpc) is 2.96. The van der Waals surface area contributed by atoms with Gasteiger partial charge in [-0.1, -0.05) is 5.16 Å². The van der Waals surface area contributed by atoms with Crippen molar-refractivity contribution in [1.29, 1.82) is 0 Å². The third-order valence-corrected chi connectivity index (χ3v) is 3.62. The molecule has 1 heterocycles. The number of fused-ring (bicyclic) bond motifs is 1. The lowest BCUT2D eigenvalue weighted by molar-refractivity contribution is 0.103. The Hall–Kier alpha value is -3.42. The second kappa shape index (κ2) is 5.34. The van der Waals surface area contributed by atoms with Gasteiger partial charge in [-0.05, 0) is 24.3 Å². The van der Waals surface area contributed by atoms with E-state index in [1.165, 1.54) is 0 Å². The number of phenolic OH excluding ortho intramolecular Hbond substituents is 4. The Morgan fingerprint density at radius 1 is 1.04 bits per heavy atom. The minimum Gasteiger partial charge on any atom is -0.504 e. The second-order valence-electron chi connectivity index (χ2n) is 5.43. The van der Waals surface area contributed by atoms with Crippen LogP contribution in [0, 0.1) is 0 Å². The Balaban J connectivity index is 2.13. The van der Waals surface area contributed by atoms with Crippen LogP contribution in [0.15, 0.2) is 28.8 Å². The molecule has 0 aliphatic carbocycles. The summed E-state index contributed by atoms with van der Waals surface area (Å²) in [7, 11) is 3.48. The van der Waals surface area contributed by atoms with E-state index in [-0.39, 0.29) is 28.0 Å². The number of aromatic hydroxyl groups is 4. The molecule has 0 unspecified atom stereocenters. The lowest BCUT2D eigenvalue weighted by Crippen LogP contribution is -2.08. The minimum atomic E-state index is -0.718. The predicted octanol–water partition coefficient (Wildman–Crippen LogP) is 1.95. The molecular formula is C16H14N2O6. The van der Waals surface area contributed by atoms with Crippen molar-refractivity contribution in [3.63, 3.8) is 0 Å². The number of benzene rings is 2. The summed E-state index contributed by atoms with van der Waals surface area (Å²) in [5.41, 5.74) is 0.374. The fraction of sp³-hybridized carbons (Fsp3) is 0.125. The van der Waals surface area contributed by atoms with Gasteiger partial charge in [0.1, 0.15) is 0 Å². The second-order valence-corrected chi connectivity index (χ2v) is 5.43. The highest BCUT2D eigenvalue weighted by atomic mass is 16.5. The molecule has 0 amide bonds. The topological polar surface area (TPSA) is 127 Å². The highest BCUT2D eigenvalue weighted by Crippen LogP contribution is 2.38. The maximum Gasteiger partial charge on any atom is 0.215 e. The number of carbonyl (C=O) groups is 1. The number of phenols is 4. The third-order valence-electron chi connectivity index (χ3n) is 3.62. The van der Waals surface area contributed by atoms with Crippen LogP contribution in [0.4, 0.5) is 5.69 Å². The first-order chi connectivity index (χ1) is 11.3. The molecule has 0 spiro atoms. The number of carbonyl (C=O) groups excluding carboxylic acids is 1. The molecular weight excluding hydrogens is 316 g/mol. The number of nitrogens with zero attached hydrogens (tertiary/aromatic N) is 2. The minimum absolute atomic E-state index is 0.0526. The van der Waals surface area contributed by atoms with Gasteiger partial charge in [0.15, 0.2) is 28.7 Å². The van der Waals surface area contributed by atoms with Crippen LogP contribution >= 0.6 is 0 Å². The van der Waals surface area contributed by atoms with Crippen molar-refractivity contribution in [2.75, 3.05) is 19.0 Å². The molecule has 0 aliphatic rings. The standard InChI is InChI=1S/C16H14N2O6/c1-18(2)9-4-3-8-12(17-24-16(8)14(9)22)13(21)7-5-10(19)15(23)11(20)6-7/h3-6,19-20,22-23H,1-2H3. The Bertz CT molecular complexity index is 938. The maximum absolute atomic E-state index is 12.5. The molecule has 3 aromatic rings. The molecule has 3 rings (SSSR count). The van der Waals surface area contributed by atoms with Crippen molar-refractivity contribution < 1.29 is 29.7 Å². The highest BCUT2D eigenvalue weighted by Gasteiger charge is 2.23. The zero-order valence-electron chi connectivity index (χ0n) is 12.8. The van der Waals surface area contributed by atoms with Gasteiger partial charge in [-0.15, -0.1) is 0 Å². The van der Waals surface area contributed by atoms with Crippen molar-refractivity contribution in [3.05, 3.63) is 35.5 Å². The summed E-state index contributed by atoms with van der Waals surface area (Å²) < 4.78 is 5.08. The predicted molar refractivity (Wildman–Crippen MR) is 84.9 cm³/mol. The van der Waals surface area contributed by atoms with Gasteiger partial charge in [0, 0.05) is 19.7 Å². The molecule has 124 valence electrons. The molecule has 0 bridgehead atoms. The zero-order chi connectivity index (χ0) is 17.6. The van der Waals surface area contributed by atoms with Gasteiger partial charge < -0.3 is 29.8 Å².